The van der Waals surface area contributed by atoms with E-state index in [1.165, 1.54) is 49.3 Å². The molecule has 7 aromatic rings. The topological polar surface area (TPSA) is 18.1 Å². The van der Waals surface area contributed by atoms with E-state index >= 15 is 0 Å². The van der Waals surface area contributed by atoms with E-state index in [1.807, 2.05) is 6.07 Å². The Kier molecular flexibility index (Phi) is 3.83. The Labute approximate surface area is 192 Å². The van der Waals surface area contributed by atoms with Gasteiger partial charge in [0.25, 0.3) is 0 Å². The predicted molar refractivity (Wildman–Crippen MR) is 142 cm³/mol. The van der Waals surface area contributed by atoms with Crippen LogP contribution >= 0.6 is 0 Å². The van der Waals surface area contributed by atoms with Crippen LogP contribution in [-0.2, 0) is 0 Å². The van der Waals surface area contributed by atoms with Crippen molar-refractivity contribution in [2.24, 2.45) is 0 Å². The molecular weight excluding hydrogens is 401 g/mol. The van der Waals surface area contributed by atoms with Crippen molar-refractivity contribution >= 4 is 57.1 Å². The van der Waals surface area contributed by atoms with E-state index in [-0.39, 0.29) is 0 Å². The minimum Gasteiger partial charge on any atom is -0.455 e. The van der Waals surface area contributed by atoms with Gasteiger partial charge in [0.2, 0.25) is 0 Å². The molecule has 0 aliphatic carbocycles. The van der Waals surface area contributed by atoms with Gasteiger partial charge in [0, 0.05) is 32.8 Å². The monoisotopic (exact) mass is 421 g/mol. The third-order valence-corrected chi connectivity index (χ3v) is 6.73. The number of rotatable bonds is 2. The Morgan fingerprint density at radius 1 is 0.606 bits per heavy atom. The molecule has 0 spiro atoms. The molecule has 2 nitrogen and oxygen atoms in total. The standard InChI is InChI=1S/C30H20BNO/c31-25-16-15-21(30-29(25)23-11-5-7-13-28(23)33-30)19-14-17-27-24(18-19)22-10-4-6-12-26(22)32(27)20-8-2-1-3-9-20/h1-18H,31H2. The Bertz CT molecular complexity index is 1830. The molecular formula is C30H20BNO. The molecule has 154 valence electrons. The molecule has 0 unspecified atom stereocenters. The van der Waals surface area contributed by atoms with E-state index in [2.05, 4.69) is 116 Å². The van der Waals surface area contributed by atoms with Crippen molar-refractivity contribution in [1.82, 2.24) is 4.57 Å². The molecule has 2 heterocycles. The largest absolute Gasteiger partial charge is 0.455 e. The number of para-hydroxylation sites is 3. The number of fused-ring (bicyclic) bond motifs is 6. The Morgan fingerprint density at radius 2 is 1.33 bits per heavy atom. The smallest absolute Gasteiger partial charge is 0.142 e. The maximum Gasteiger partial charge on any atom is 0.142 e. The fraction of sp³-hybridized carbons (Fsp3) is 0. The molecule has 0 N–H and O–H groups in total. The molecule has 0 bridgehead atoms. The van der Waals surface area contributed by atoms with Crippen molar-refractivity contribution < 1.29 is 4.42 Å². The van der Waals surface area contributed by atoms with Gasteiger partial charge in [0.1, 0.15) is 19.0 Å². The van der Waals surface area contributed by atoms with Crippen LogP contribution in [0, 0.1) is 0 Å². The van der Waals surface area contributed by atoms with Gasteiger partial charge < -0.3 is 8.98 Å². The first kappa shape index (κ1) is 18.3. The van der Waals surface area contributed by atoms with Crippen molar-refractivity contribution in [2.45, 2.75) is 0 Å². The fourth-order valence-corrected chi connectivity index (χ4v) is 5.22. The summed E-state index contributed by atoms with van der Waals surface area (Å²) in [7, 11) is 2.16. The predicted octanol–water partition coefficient (Wildman–Crippen LogP) is 6.61. The zero-order valence-electron chi connectivity index (χ0n) is 18.2. The summed E-state index contributed by atoms with van der Waals surface area (Å²) in [5, 5.41) is 4.88. The van der Waals surface area contributed by atoms with Crippen LogP contribution in [0.2, 0.25) is 0 Å². The van der Waals surface area contributed by atoms with Gasteiger partial charge in [0.15, 0.2) is 0 Å². The second-order valence-electron chi connectivity index (χ2n) is 8.65. The second kappa shape index (κ2) is 6.88. The van der Waals surface area contributed by atoms with Crippen molar-refractivity contribution in [3.8, 4) is 16.8 Å². The molecule has 3 heteroatoms. The lowest BCUT2D eigenvalue weighted by Crippen LogP contribution is -2.02. The van der Waals surface area contributed by atoms with Crippen LogP contribution in [-0.4, -0.2) is 12.4 Å². The van der Waals surface area contributed by atoms with E-state index in [4.69, 9.17) is 4.42 Å². The van der Waals surface area contributed by atoms with Crippen LogP contribution in [0.5, 0.6) is 0 Å². The zero-order valence-corrected chi connectivity index (χ0v) is 18.2. The summed E-state index contributed by atoms with van der Waals surface area (Å²) in [6.45, 7) is 0. The Hall–Kier alpha value is -4.24. The minimum absolute atomic E-state index is 0.935. The van der Waals surface area contributed by atoms with Gasteiger partial charge in [-0.15, -0.1) is 0 Å². The van der Waals surface area contributed by atoms with Gasteiger partial charge in [-0.05, 0) is 42.0 Å². The number of furan rings is 1. The van der Waals surface area contributed by atoms with Gasteiger partial charge >= 0.3 is 0 Å². The van der Waals surface area contributed by atoms with E-state index < -0.39 is 0 Å². The van der Waals surface area contributed by atoms with Gasteiger partial charge in [-0.1, -0.05) is 78.3 Å². The molecule has 0 radical (unpaired) electrons. The number of benzene rings is 5. The zero-order chi connectivity index (χ0) is 21.9. The minimum atomic E-state index is 0.935. The third kappa shape index (κ3) is 2.63. The van der Waals surface area contributed by atoms with Crippen molar-refractivity contribution in [3.63, 3.8) is 0 Å². The summed E-state index contributed by atoms with van der Waals surface area (Å²) in [6.07, 6.45) is 0. The third-order valence-electron chi connectivity index (χ3n) is 6.73. The summed E-state index contributed by atoms with van der Waals surface area (Å²) in [5.41, 5.74) is 9.03. The first-order valence-electron chi connectivity index (χ1n) is 11.3. The quantitative estimate of drug-likeness (QED) is 0.287. The van der Waals surface area contributed by atoms with E-state index in [0.29, 0.717) is 0 Å². The van der Waals surface area contributed by atoms with Crippen LogP contribution in [0.15, 0.2) is 114 Å². The maximum atomic E-state index is 6.39. The highest BCUT2D eigenvalue weighted by atomic mass is 16.3. The van der Waals surface area contributed by atoms with Crippen LogP contribution in [0.3, 0.4) is 0 Å². The van der Waals surface area contributed by atoms with Crippen molar-refractivity contribution in [1.29, 1.82) is 0 Å². The molecule has 0 saturated carbocycles. The van der Waals surface area contributed by atoms with Crippen molar-refractivity contribution in [2.75, 3.05) is 0 Å². The van der Waals surface area contributed by atoms with E-state index in [0.717, 1.165) is 16.7 Å². The summed E-state index contributed by atoms with van der Waals surface area (Å²) >= 11 is 0. The molecule has 2 aromatic heterocycles. The average Bonchev–Trinajstić information content (AvgIpc) is 3.41. The Morgan fingerprint density at radius 3 is 2.21 bits per heavy atom. The maximum absolute atomic E-state index is 6.39. The molecule has 0 aliphatic heterocycles. The van der Waals surface area contributed by atoms with Crippen LogP contribution in [0.25, 0.3) is 60.6 Å². The molecule has 0 saturated heterocycles. The van der Waals surface area contributed by atoms with Crippen LogP contribution < -0.4 is 5.46 Å². The summed E-state index contributed by atoms with van der Waals surface area (Å²) in [5.74, 6) is 0. The fourth-order valence-electron chi connectivity index (χ4n) is 5.22. The summed E-state index contributed by atoms with van der Waals surface area (Å²) in [6, 6.07) is 38.7. The molecule has 0 fully saturated rings. The lowest BCUT2D eigenvalue weighted by Gasteiger charge is -2.08. The normalized spacial score (nSPS) is 11.8. The van der Waals surface area contributed by atoms with Gasteiger partial charge in [-0.3, -0.25) is 0 Å². The number of nitrogens with zero attached hydrogens (tertiary/aromatic N) is 1. The highest BCUT2D eigenvalue weighted by Gasteiger charge is 2.17. The van der Waals surface area contributed by atoms with Crippen LogP contribution in [0.1, 0.15) is 0 Å². The summed E-state index contributed by atoms with van der Waals surface area (Å²) < 4.78 is 8.74. The molecule has 0 atom stereocenters. The number of hydrogen-bond donors (Lipinski definition) is 0. The Balaban J connectivity index is 1.55. The number of hydrogen-bond acceptors (Lipinski definition) is 1. The molecule has 0 aliphatic rings. The van der Waals surface area contributed by atoms with E-state index in [1.54, 1.807) is 0 Å². The highest BCUT2D eigenvalue weighted by Crippen LogP contribution is 2.38. The lowest BCUT2D eigenvalue weighted by molar-refractivity contribution is 0.670. The first-order valence-corrected chi connectivity index (χ1v) is 11.3. The molecule has 0 amide bonds. The van der Waals surface area contributed by atoms with E-state index in [9.17, 15) is 0 Å². The molecule has 7 rings (SSSR count). The van der Waals surface area contributed by atoms with Gasteiger partial charge in [0.05, 0.1) is 11.0 Å². The van der Waals surface area contributed by atoms with Gasteiger partial charge in [-0.25, -0.2) is 0 Å². The SMILES string of the molecule is Bc1ccc(-c2ccc3c(c2)c2ccccc2n3-c2ccccc2)c2oc3ccccc3c12. The molecule has 5 aromatic carbocycles. The highest BCUT2D eigenvalue weighted by molar-refractivity contribution is 6.42. The first-order chi connectivity index (χ1) is 16.3. The van der Waals surface area contributed by atoms with Crippen LogP contribution in [0.4, 0.5) is 0 Å². The second-order valence-corrected chi connectivity index (χ2v) is 8.65. The summed E-state index contributed by atoms with van der Waals surface area (Å²) in [4.78, 5) is 0. The lowest BCUT2D eigenvalue weighted by atomic mass is 9.88. The van der Waals surface area contributed by atoms with Gasteiger partial charge in [-0.2, -0.15) is 0 Å². The number of aromatic nitrogens is 1. The molecule has 33 heavy (non-hydrogen) atoms. The van der Waals surface area contributed by atoms with Crippen molar-refractivity contribution in [3.05, 3.63) is 109 Å². The average molecular weight is 421 g/mol.